The largest absolute Gasteiger partial charge is 0.485 e. The summed E-state index contributed by atoms with van der Waals surface area (Å²) in [7, 11) is 1.53. The van der Waals surface area contributed by atoms with Gasteiger partial charge in [-0.15, -0.1) is 11.3 Å². The Bertz CT molecular complexity index is 1430. The predicted octanol–water partition coefficient (Wildman–Crippen LogP) is 4.62. The van der Waals surface area contributed by atoms with Gasteiger partial charge in [-0.2, -0.15) is 0 Å². The van der Waals surface area contributed by atoms with Crippen molar-refractivity contribution < 1.29 is 28.2 Å². The number of amides is 1. The number of carbonyl (C=O) groups is 1. The van der Waals surface area contributed by atoms with Crippen molar-refractivity contribution in [2.45, 2.75) is 19.4 Å². The number of aryl methyl sites for hydroxylation is 1. The van der Waals surface area contributed by atoms with E-state index in [0.29, 0.717) is 39.4 Å². The van der Waals surface area contributed by atoms with Gasteiger partial charge in [-0.25, -0.2) is 28.5 Å². The minimum absolute atomic E-state index is 0.0551. The summed E-state index contributed by atoms with van der Waals surface area (Å²) in [5, 5.41) is 9.94. The number of halogens is 2. The molecule has 0 saturated carbocycles. The molecule has 34 heavy (non-hydrogen) atoms. The van der Waals surface area contributed by atoms with Gasteiger partial charge in [0.15, 0.2) is 11.6 Å². The van der Waals surface area contributed by atoms with Crippen molar-refractivity contribution in [3.05, 3.63) is 41.3 Å². The fraction of sp³-hybridized carbons (Fsp3) is 0.304. The number of aromatic nitrogens is 3. The number of methoxy groups -OCH3 is 1. The lowest BCUT2D eigenvalue weighted by Crippen LogP contribution is -2.39. The van der Waals surface area contributed by atoms with Crippen molar-refractivity contribution in [3.8, 4) is 22.2 Å². The first-order valence-electron chi connectivity index (χ1n) is 10.5. The fourth-order valence-electron chi connectivity index (χ4n) is 4.17. The number of alkyl halides is 1. The Hall–Kier alpha value is -3.60. The second kappa shape index (κ2) is 8.64. The summed E-state index contributed by atoms with van der Waals surface area (Å²) in [5.41, 5.74) is 4.17. The van der Waals surface area contributed by atoms with Crippen LogP contribution in [0.2, 0.25) is 0 Å². The Morgan fingerprint density at radius 1 is 1.32 bits per heavy atom. The van der Waals surface area contributed by atoms with E-state index < -0.39 is 24.7 Å². The van der Waals surface area contributed by atoms with Gasteiger partial charge in [0.1, 0.15) is 17.8 Å². The smallest absolute Gasteiger partial charge is 0.407 e. The van der Waals surface area contributed by atoms with Crippen molar-refractivity contribution in [1.82, 2.24) is 19.9 Å². The second-order valence-corrected chi connectivity index (χ2v) is 8.99. The number of hydrogen-bond donors (Lipinski definition) is 1. The van der Waals surface area contributed by atoms with Gasteiger partial charge in [-0.05, 0) is 24.6 Å². The molecule has 2 aromatic heterocycles. The van der Waals surface area contributed by atoms with Gasteiger partial charge in [0.2, 0.25) is 5.88 Å². The molecule has 3 heterocycles. The first kappa shape index (κ1) is 22.2. The Balaban J connectivity index is 1.55. The number of carboxylic acid groups (broad SMARTS) is 1. The zero-order valence-electron chi connectivity index (χ0n) is 18.3. The van der Waals surface area contributed by atoms with Gasteiger partial charge in [0.05, 0.1) is 47.6 Å². The molecule has 8 nitrogen and oxygen atoms in total. The molecule has 0 bridgehead atoms. The monoisotopic (exact) mass is 486 g/mol. The van der Waals surface area contributed by atoms with Gasteiger partial charge >= 0.3 is 6.09 Å². The molecule has 0 radical (unpaired) electrons. The maximum absolute atomic E-state index is 14.9. The quantitative estimate of drug-likeness (QED) is 0.425. The zero-order chi connectivity index (χ0) is 24.0. The predicted molar refractivity (Wildman–Crippen MR) is 123 cm³/mol. The summed E-state index contributed by atoms with van der Waals surface area (Å²) in [6, 6.07) is 5.18. The number of fused-ring (bicyclic) bond motifs is 4. The number of hydrogen-bond acceptors (Lipinski definition) is 7. The molecule has 1 aliphatic rings. The lowest BCUT2D eigenvalue weighted by Gasteiger charge is -2.21. The van der Waals surface area contributed by atoms with E-state index in [1.165, 1.54) is 30.7 Å². The van der Waals surface area contributed by atoms with Crippen LogP contribution in [-0.4, -0.2) is 64.0 Å². The van der Waals surface area contributed by atoms with Gasteiger partial charge in [0, 0.05) is 23.6 Å². The molecular weight excluding hydrogens is 466 g/mol. The highest BCUT2D eigenvalue weighted by molar-refractivity contribution is 7.22. The normalized spacial score (nSPS) is 14.9. The zero-order valence-corrected chi connectivity index (χ0v) is 19.2. The third kappa shape index (κ3) is 3.85. The minimum atomic E-state index is -1.24. The first-order chi connectivity index (χ1) is 16.4. The molecule has 0 saturated heterocycles. The van der Waals surface area contributed by atoms with E-state index in [1.54, 1.807) is 0 Å². The third-order valence-electron chi connectivity index (χ3n) is 5.66. The summed E-state index contributed by atoms with van der Waals surface area (Å²) in [4.78, 5) is 25.9. The number of rotatable bonds is 6. The standard InChI is InChI=1S/C23H20F2N4O4S/c1-11-5-13(19-16(6-11)27-18(32-2)9-26-19)22-28-17-8-15(25)20-14(21(17)34-22)7-12(33-20)10-29(4-3-24)23(30)31/h5-6,8-9,12H,3-4,7,10H2,1-2H3,(H,30,31). The topological polar surface area (TPSA) is 97.7 Å². The molecule has 1 aliphatic heterocycles. The average molecular weight is 487 g/mol. The summed E-state index contributed by atoms with van der Waals surface area (Å²) in [5.74, 6) is -0.0654. The van der Waals surface area contributed by atoms with E-state index in [0.717, 1.165) is 20.7 Å². The maximum Gasteiger partial charge on any atom is 0.407 e. The van der Waals surface area contributed by atoms with E-state index in [-0.39, 0.29) is 18.8 Å². The highest BCUT2D eigenvalue weighted by atomic mass is 32.1. The van der Waals surface area contributed by atoms with Gasteiger partial charge < -0.3 is 19.5 Å². The van der Waals surface area contributed by atoms with Gasteiger partial charge in [-0.3, -0.25) is 0 Å². The van der Waals surface area contributed by atoms with Crippen LogP contribution in [0.4, 0.5) is 13.6 Å². The first-order valence-corrected chi connectivity index (χ1v) is 11.3. The molecule has 1 N–H and O–H groups in total. The van der Waals surface area contributed by atoms with Crippen LogP contribution in [0.15, 0.2) is 24.4 Å². The molecule has 2 aromatic carbocycles. The summed E-state index contributed by atoms with van der Waals surface area (Å²) < 4.78 is 39.3. The third-order valence-corrected chi connectivity index (χ3v) is 6.82. The maximum atomic E-state index is 14.9. The molecule has 0 fully saturated rings. The van der Waals surface area contributed by atoms with Crippen LogP contribution in [-0.2, 0) is 6.42 Å². The molecule has 176 valence electrons. The Labute approximate surface area is 196 Å². The van der Waals surface area contributed by atoms with Crippen LogP contribution >= 0.6 is 11.3 Å². The highest BCUT2D eigenvalue weighted by Gasteiger charge is 2.32. The van der Waals surface area contributed by atoms with Crippen LogP contribution in [0.25, 0.3) is 31.8 Å². The average Bonchev–Trinajstić information content (AvgIpc) is 3.42. The van der Waals surface area contributed by atoms with Crippen LogP contribution in [0, 0.1) is 12.7 Å². The van der Waals surface area contributed by atoms with Crippen molar-refractivity contribution in [2.75, 3.05) is 26.9 Å². The SMILES string of the molecule is COc1cnc2c(-c3nc4cc(F)c5c(c4s3)CC(CN(CCF)C(=O)O)O5)cc(C)cc2n1. The molecule has 0 spiro atoms. The van der Waals surface area contributed by atoms with Crippen LogP contribution in [0.3, 0.4) is 0 Å². The van der Waals surface area contributed by atoms with Crippen molar-refractivity contribution in [1.29, 1.82) is 0 Å². The van der Waals surface area contributed by atoms with Crippen molar-refractivity contribution in [3.63, 3.8) is 0 Å². The van der Waals surface area contributed by atoms with E-state index >= 15 is 0 Å². The number of ether oxygens (including phenoxy) is 2. The molecule has 0 aliphatic carbocycles. The number of thiazole rings is 1. The summed E-state index contributed by atoms with van der Waals surface area (Å²) >= 11 is 1.39. The Morgan fingerprint density at radius 3 is 2.88 bits per heavy atom. The van der Waals surface area contributed by atoms with E-state index in [1.807, 2.05) is 19.1 Å². The molecule has 5 rings (SSSR count). The molecule has 1 unspecified atom stereocenters. The summed E-state index contributed by atoms with van der Waals surface area (Å²) in [6.07, 6.45) is -0.0172. The van der Waals surface area contributed by atoms with Crippen molar-refractivity contribution in [2.24, 2.45) is 0 Å². The van der Waals surface area contributed by atoms with E-state index in [4.69, 9.17) is 9.47 Å². The van der Waals surface area contributed by atoms with Crippen LogP contribution < -0.4 is 9.47 Å². The summed E-state index contributed by atoms with van der Waals surface area (Å²) in [6.45, 7) is 0.821. The molecule has 1 amide bonds. The van der Waals surface area contributed by atoms with Crippen LogP contribution in [0.5, 0.6) is 11.6 Å². The Morgan fingerprint density at radius 2 is 2.15 bits per heavy atom. The Kier molecular flexibility index (Phi) is 5.64. The lowest BCUT2D eigenvalue weighted by molar-refractivity contribution is 0.111. The number of benzene rings is 2. The van der Waals surface area contributed by atoms with Crippen molar-refractivity contribution >= 4 is 38.7 Å². The van der Waals surface area contributed by atoms with Gasteiger partial charge in [0.25, 0.3) is 0 Å². The lowest BCUT2D eigenvalue weighted by atomic mass is 10.1. The van der Waals surface area contributed by atoms with E-state index in [2.05, 4.69) is 15.0 Å². The molecule has 11 heteroatoms. The van der Waals surface area contributed by atoms with Gasteiger partial charge in [-0.1, -0.05) is 0 Å². The number of nitrogens with zero attached hydrogens (tertiary/aromatic N) is 4. The molecular formula is C23H20F2N4O4S. The fourth-order valence-corrected chi connectivity index (χ4v) is 5.28. The highest BCUT2D eigenvalue weighted by Crippen LogP contribution is 2.43. The molecule has 4 aromatic rings. The molecule has 1 atom stereocenters. The van der Waals surface area contributed by atoms with E-state index in [9.17, 15) is 18.7 Å². The minimum Gasteiger partial charge on any atom is -0.485 e. The van der Waals surface area contributed by atoms with Crippen LogP contribution in [0.1, 0.15) is 11.1 Å². The second-order valence-electron chi connectivity index (χ2n) is 7.99.